The predicted molar refractivity (Wildman–Crippen MR) is 107 cm³/mol. The summed E-state index contributed by atoms with van der Waals surface area (Å²) in [6.07, 6.45) is 1.69. The van der Waals surface area contributed by atoms with Crippen LogP contribution in [0.15, 0.2) is 65.5 Å². The minimum absolute atomic E-state index is 0.0392. The second-order valence-corrected chi connectivity index (χ2v) is 7.49. The average Bonchev–Trinajstić information content (AvgIpc) is 3.43. The molecule has 3 aromatic heterocycles. The van der Waals surface area contributed by atoms with Gasteiger partial charge in [0, 0.05) is 23.7 Å². The SMILES string of the molecule is O=C(c1ccsc1)N1CCO[C@@H](c2nnn3cc(-c4ccccc4)ccc23)C1. The third-order valence-corrected chi connectivity index (χ3v) is 5.66. The molecule has 0 aliphatic carbocycles. The fourth-order valence-electron chi connectivity index (χ4n) is 3.51. The molecule has 7 heteroatoms. The number of morpholine rings is 1. The van der Waals surface area contributed by atoms with Gasteiger partial charge in [0.2, 0.25) is 0 Å². The smallest absolute Gasteiger partial charge is 0.254 e. The summed E-state index contributed by atoms with van der Waals surface area (Å²) in [6, 6.07) is 16.1. The molecule has 1 aliphatic rings. The highest BCUT2D eigenvalue weighted by molar-refractivity contribution is 7.08. The minimum atomic E-state index is -0.281. The molecule has 5 rings (SSSR count). The van der Waals surface area contributed by atoms with Crippen molar-refractivity contribution >= 4 is 22.8 Å². The zero-order valence-electron chi connectivity index (χ0n) is 15.1. The van der Waals surface area contributed by atoms with Gasteiger partial charge >= 0.3 is 0 Å². The van der Waals surface area contributed by atoms with Gasteiger partial charge < -0.3 is 9.64 Å². The second kappa shape index (κ2) is 7.18. The van der Waals surface area contributed by atoms with E-state index in [1.165, 1.54) is 11.3 Å². The molecule has 1 atom stereocenters. The van der Waals surface area contributed by atoms with Crippen LogP contribution in [0.1, 0.15) is 22.2 Å². The quantitative estimate of drug-likeness (QED) is 0.536. The van der Waals surface area contributed by atoms with E-state index in [2.05, 4.69) is 28.5 Å². The Morgan fingerprint density at radius 2 is 2.00 bits per heavy atom. The highest BCUT2D eigenvalue weighted by Gasteiger charge is 2.29. The Hall–Kier alpha value is -3.03. The zero-order valence-corrected chi connectivity index (χ0v) is 15.9. The first-order valence-electron chi connectivity index (χ1n) is 9.13. The molecule has 0 unspecified atom stereocenters. The molecule has 0 spiro atoms. The fourth-order valence-corrected chi connectivity index (χ4v) is 4.14. The van der Waals surface area contributed by atoms with Gasteiger partial charge in [-0.3, -0.25) is 4.79 Å². The summed E-state index contributed by atoms with van der Waals surface area (Å²) in [7, 11) is 0. The number of amides is 1. The molecule has 1 aliphatic heterocycles. The Morgan fingerprint density at radius 3 is 2.82 bits per heavy atom. The van der Waals surface area contributed by atoms with Crippen molar-refractivity contribution in [1.82, 2.24) is 19.7 Å². The number of nitrogens with zero attached hydrogens (tertiary/aromatic N) is 4. The molecular formula is C21H18N4O2S. The van der Waals surface area contributed by atoms with E-state index in [1.54, 1.807) is 4.52 Å². The second-order valence-electron chi connectivity index (χ2n) is 6.71. The molecular weight excluding hydrogens is 372 g/mol. The van der Waals surface area contributed by atoms with Crippen molar-refractivity contribution in [3.63, 3.8) is 0 Å². The third kappa shape index (κ3) is 3.08. The molecule has 0 saturated carbocycles. The largest absolute Gasteiger partial charge is 0.368 e. The van der Waals surface area contributed by atoms with Crippen LogP contribution < -0.4 is 0 Å². The molecule has 4 aromatic rings. The van der Waals surface area contributed by atoms with Gasteiger partial charge in [-0.15, -0.1) is 5.10 Å². The highest BCUT2D eigenvalue weighted by Crippen LogP contribution is 2.27. The van der Waals surface area contributed by atoms with Gasteiger partial charge in [-0.1, -0.05) is 41.6 Å². The summed E-state index contributed by atoms with van der Waals surface area (Å²) in [5.41, 5.74) is 4.59. The first kappa shape index (κ1) is 17.1. The van der Waals surface area contributed by atoms with Gasteiger partial charge in [-0.2, -0.15) is 11.3 Å². The van der Waals surface area contributed by atoms with Crippen LogP contribution in [0.5, 0.6) is 0 Å². The summed E-state index contributed by atoms with van der Waals surface area (Å²) in [5, 5.41) is 12.4. The lowest BCUT2D eigenvalue weighted by Crippen LogP contribution is -2.42. The van der Waals surface area contributed by atoms with E-state index in [1.807, 2.05) is 52.2 Å². The molecule has 1 fully saturated rings. The van der Waals surface area contributed by atoms with E-state index < -0.39 is 0 Å². The van der Waals surface area contributed by atoms with Crippen LogP contribution in [0.25, 0.3) is 16.6 Å². The molecule has 0 radical (unpaired) electrons. The van der Waals surface area contributed by atoms with Gasteiger partial charge in [0.05, 0.1) is 24.2 Å². The Bertz CT molecular complexity index is 1110. The van der Waals surface area contributed by atoms with Crippen molar-refractivity contribution in [2.75, 3.05) is 19.7 Å². The lowest BCUT2D eigenvalue weighted by atomic mass is 10.1. The van der Waals surface area contributed by atoms with Crippen LogP contribution >= 0.6 is 11.3 Å². The maximum absolute atomic E-state index is 12.7. The number of carbonyl (C=O) groups is 1. The first-order valence-corrected chi connectivity index (χ1v) is 10.1. The minimum Gasteiger partial charge on any atom is -0.368 e. The van der Waals surface area contributed by atoms with Crippen molar-refractivity contribution in [3.8, 4) is 11.1 Å². The van der Waals surface area contributed by atoms with Crippen molar-refractivity contribution < 1.29 is 9.53 Å². The molecule has 1 aromatic carbocycles. The lowest BCUT2D eigenvalue weighted by Gasteiger charge is -2.32. The molecule has 6 nitrogen and oxygen atoms in total. The van der Waals surface area contributed by atoms with Crippen LogP contribution in [-0.4, -0.2) is 45.3 Å². The molecule has 0 bridgehead atoms. The number of pyridine rings is 1. The van der Waals surface area contributed by atoms with E-state index in [4.69, 9.17) is 4.74 Å². The number of carbonyl (C=O) groups excluding carboxylic acids is 1. The van der Waals surface area contributed by atoms with Crippen molar-refractivity contribution in [2.45, 2.75) is 6.10 Å². The van der Waals surface area contributed by atoms with E-state index >= 15 is 0 Å². The molecule has 28 heavy (non-hydrogen) atoms. The van der Waals surface area contributed by atoms with Gasteiger partial charge in [-0.05, 0) is 23.1 Å². The Balaban J connectivity index is 1.42. The number of hydrogen-bond donors (Lipinski definition) is 0. The molecule has 140 valence electrons. The van der Waals surface area contributed by atoms with Crippen molar-refractivity contribution in [2.24, 2.45) is 0 Å². The summed E-state index contributed by atoms with van der Waals surface area (Å²) < 4.78 is 7.71. The molecule has 4 heterocycles. The standard InChI is InChI=1S/C21H18N4O2S/c26-21(17-8-11-28-14-17)24-9-10-27-19(13-24)20-18-7-6-16(12-25(18)23-22-20)15-4-2-1-3-5-15/h1-8,11-12,14,19H,9-10,13H2/t19-/m1/s1. The predicted octanol–water partition coefficient (Wildman–Crippen LogP) is 3.67. The van der Waals surface area contributed by atoms with Crippen LogP contribution in [-0.2, 0) is 4.74 Å². The van der Waals surface area contributed by atoms with E-state index in [0.29, 0.717) is 19.7 Å². The number of hydrogen-bond acceptors (Lipinski definition) is 5. The van der Waals surface area contributed by atoms with Crippen LogP contribution in [0.4, 0.5) is 0 Å². The molecule has 1 saturated heterocycles. The summed E-state index contributed by atoms with van der Waals surface area (Å²) in [5.74, 6) is 0.0392. The van der Waals surface area contributed by atoms with Gasteiger partial charge in [-0.25, -0.2) is 4.52 Å². The van der Waals surface area contributed by atoms with Crippen molar-refractivity contribution in [1.29, 1.82) is 0 Å². The lowest BCUT2D eigenvalue weighted by molar-refractivity contribution is -0.0241. The monoisotopic (exact) mass is 390 g/mol. The Morgan fingerprint density at radius 1 is 1.11 bits per heavy atom. The Labute approximate surface area is 166 Å². The maximum atomic E-state index is 12.7. The van der Waals surface area contributed by atoms with Crippen LogP contribution in [0, 0.1) is 0 Å². The summed E-state index contributed by atoms with van der Waals surface area (Å²) in [6.45, 7) is 1.55. The van der Waals surface area contributed by atoms with Crippen LogP contribution in [0.3, 0.4) is 0 Å². The van der Waals surface area contributed by atoms with E-state index in [9.17, 15) is 4.79 Å². The fraction of sp³-hybridized carbons (Fsp3) is 0.190. The van der Waals surface area contributed by atoms with Gasteiger partial charge in [0.1, 0.15) is 11.8 Å². The number of benzene rings is 1. The van der Waals surface area contributed by atoms with E-state index in [-0.39, 0.29) is 12.0 Å². The normalized spacial score (nSPS) is 17.1. The zero-order chi connectivity index (χ0) is 18.9. The maximum Gasteiger partial charge on any atom is 0.254 e. The summed E-state index contributed by atoms with van der Waals surface area (Å²) >= 11 is 1.53. The molecule has 1 amide bonds. The van der Waals surface area contributed by atoms with Crippen molar-refractivity contribution in [3.05, 3.63) is 76.7 Å². The number of rotatable bonds is 3. The van der Waals surface area contributed by atoms with Crippen LogP contribution in [0.2, 0.25) is 0 Å². The number of ether oxygens (including phenoxy) is 1. The third-order valence-electron chi connectivity index (χ3n) is 4.97. The average molecular weight is 390 g/mol. The first-order chi connectivity index (χ1) is 13.8. The Kier molecular flexibility index (Phi) is 4.38. The number of fused-ring (bicyclic) bond motifs is 1. The van der Waals surface area contributed by atoms with Gasteiger partial charge in [0.15, 0.2) is 0 Å². The molecule has 0 N–H and O–H groups in total. The summed E-state index contributed by atoms with van der Waals surface area (Å²) in [4.78, 5) is 14.5. The highest BCUT2D eigenvalue weighted by atomic mass is 32.1. The number of thiophene rings is 1. The topological polar surface area (TPSA) is 59.7 Å². The van der Waals surface area contributed by atoms with E-state index in [0.717, 1.165) is 27.9 Å². The van der Waals surface area contributed by atoms with Gasteiger partial charge in [0.25, 0.3) is 5.91 Å². The number of aromatic nitrogens is 3.